The predicted octanol–water partition coefficient (Wildman–Crippen LogP) is 5.05. The van der Waals surface area contributed by atoms with E-state index in [1.165, 1.54) is 0 Å². The first kappa shape index (κ1) is 24.0. The van der Waals surface area contributed by atoms with Crippen LogP contribution >= 0.6 is 27.7 Å². The zero-order chi connectivity index (χ0) is 24.1. The second-order valence-corrected chi connectivity index (χ2v) is 10.0. The molecule has 1 saturated heterocycles. The van der Waals surface area contributed by atoms with Crippen LogP contribution in [-0.4, -0.2) is 42.8 Å². The van der Waals surface area contributed by atoms with Crippen LogP contribution in [0, 0.1) is 0 Å². The van der Waals surface area contributed by atoms with Gasteiger partial charge < -0.3 is 9.80 Å². The Balaban J connectivity index is 1.39. The van der Waals surface area contributed by atoms with E-state index >= 15 is 0 Å². The van der Waals surface area contributed by atoms with Gasteiger partial charge in [0.2, 0.25) is 5.91 Å². The number of benzene rings is 3. The van der Waals surface area contributed by atoms with Gasteiger partial charge in [0.25, 0.3) is 5.91 Å². The number of thioether (sulfide) groups is 1. The van der Waals surface area contributed by atoms with Crippen LogP contribution in [0.2, 0.25) is 0 Å². The van der Waals surface area contributed by atoms with Crippen molar-refractivity contribution in [1.29, 1.82) is 0 Å². The van der Waals surface area contributed by atoms with E-state index in [0.717, 1.165) is 26.9 Å². The summed E-state index contributed by atoms with van der Waals surface area (Å²) in [4.78, 5) is 28.9. The highest BCUT2D eigenvalue weighted by atomic mass is 79.9. The van der Waals surface area contributed by atoms with Crippen LogP contribution in [0.1, 0.15) is 32.4 Å². The van der Waals surface area contributed by atoms with Crippen LogP contribution in [0.5, 0.6) is 0 Å². The first-order chi connectivity index (χ1) is 16.4. The molecule has 0 saturated carbocycles. The minimum Gasteiger partial charge on any atom is -0.377 e. The van der Waals surface area contributed by atoms with E-state index in [1.54, 1.807) is 30.1 Å². The van der Waals surface area contributed by atoms with Crippen LogP contribution in [0.25, 0.3) is 0 Å². The second kappa shape index (κ2) is 10.9. The summed E-state index contributed by atoms with van der Waals surface area (Å²) >= 11 is 5.16. The molecule has 1 atom stereocenters. The molecule has 2 amide bonds. The molecular formula is C26H25BrN4O2S. The minimum absolute atomic E-state index is 0.0635. The summed E-state index contributed by atoms with van der Waals surface area (Å²) in [6, 6.07) is 23.2. The summed E-state index contributed by atoms with van der Waals surface area (Å²) in [5, 5.41) is 4.02. The summed E-state index contributed by atoms with van der Waals surface area (Å²) in [5.74, 6) is 0.295. The Morgan fingerprint density at radius 2 is 1.88 bits per heavy atom. The van der Waals surface area contributed by atoms with Gasteiger partial charge in [0.1, 0.15) is 5.37 Å². The number of rotatable bonds is 7. The predicted molar refractivity (Wildman–Crippen MR) is 142 cm³/mol. The fourth-order valence-electron chi connectivity index (χ4n) is 3.68. The van der Waals surface area contributed by atoms with Crippen LogP contribution in [-0.2, 0) is 11.3 Å². The van der Waals surface area contributed by atoms with E-state index in [0.29, 0.717) is 17.9 Å². The Hall–Kier alpha value is -3.10. The first-order valence-electron chi connectivity index (χ1n) is 10.8. The van der Waals surface area contributed by atoms with Crippen molar-refractivity contribution >= 4 is 51.4 Å². The van der Waals surface area contributed by atoms with Crippen molar-refractivity contribution in [2.24, 2.45) is 5.10 Å². The number of hydrogen-bond acceptors (Lipinski definition) is 5. The lowest BCUT2D eigenvalue weighted by Gasteiger charge is -2.24. The number of amides is 2. The SMILES string of the molecule is CN(C)c1ccc(C=NNC(=O)c2ccc(C3SCC(=O)N3Cc3ccccc3)cc2)cc1Br. The van der Waals surface area contributed by atoms with Crippen LogP contribution in [0.4, 0.5) is 5.69 Å². The second-order valence-electron chi connectivity index (χ2n) is 8.10. The minimum atomic E-state index is -0.289. The smallest absolute Gasteiger partial charge is 0.271 e. The quantitative estimate of drug-likeness (QED) is 0.338. The third-order valence-corrected chi connectivity index (χ3v) is 7.35. The third-order valence-electron chi connectivity index (χ3n) is 5.46. The Morgan fingerprint density at radius 1 is 1.15 bits per heavy atom. The van der Waals surface area contributed by atoms with Gasteiger partial charge in [-0.2, -0.15) is 5.10 Å². The first-order valence-corrected chi connectivity index (χ1v) is 12.6. The maximum absolute atomic E-state index is 12.5. The van der Waals surface area contributed by atoms with Crippen LogP contribution in [0.15, 0.2) is 82.4 Å². The van der Waals surface area contributed by atoms with E-state index < -0.39 is 0 Å². The highest BCUT2D eigenvalue weighted by molar-refractivity contribution is 9.10. The summed E-state index contributed by atoms with van der Waals surface area (Å²) in [5.41, 5.74) is 7.11. The summed E-state index contributed by atoms with van der Waals surface area (Å²) < 4.78 is 0.952. The highest BCUT2D eigenvalue weighted by Gasteiger charge is 2.32. The molecule has 0 radical (unpaired) electrons. The Kier molecular flexibility index (Phi) is 7.70. The van der Waals surface area contributed by atoms with Crippen molar-refractivity contribution in [3.63, 3.8) is 0 Å². The molecule has 1 fully saturated rings. The Morgan fingerprint density at radius 3 is 2.56 bits per heavy atom. The van der Waals surface area contributed by atoms with E-state index in [4.69, 9.17) is 0 Å². The molecule has 1 unspecified atom stereocenters. The van der Waals surface area contributed by atoms with E-state index in [-0.39, 0.29) is 17.2 Å². The zero-order valence-corrected chi connectivity index (χ0v) is 21.3. The van der Waals surface area contributed by atoms with Gasteiger partial charge in [0.05, 0.1) is 17.7 Å². The fraction of sp³-hybridized carbons (Fsp3) is 0.192. The topological polar surface area (TPSA) is 65.0 Å². The van der Waals surface area contributed by atoms with Crippen molar-refractivity contribution in [1.82, 2.24) is 10.3 Å². The number of halogens is 1. The molecular weight excluding hydrogens is 512 g/mol. The standard InChI is InChI=1S/C26H25BrN4O2S/c1-30(2)23-13-8-19(14-22(23)27)15-28-29-25(33)20-9-11-21(12-10-20)26-31(24(32)17-34-26)16-18-6-4-3-5-7-18/h3-15,26H,16-17H2,1-2H3,(H,29,33). The lowest BCUT2D eigenvalue weighted by molar-refractivity contribution is -0.128. The van der Waals surface area contributed by atoms with E-state index in [2.05, 4.69) is 26.5 Å². The number of carbonyl (C=O) groups is 2. The number of hydrogen-bond donors (Lipinski definition) is 1. The molecule has 0 spiro atoms. The molecule has 8 heteroatoms. The fourth-order valence-corrected chi connectivity index (χ4v) is 5.62. The molecule has 3 aromatic carbocycles. The van der Waals surface area contributed by atoms with E-state index in [9.17, 15) is 9.59 Å². The normalized spacial score (nSPS) is 15.7. The number of carbonyl (C=O) groups excluding carboxylic acids is 2. The van der Waals surface area contributed by atoms with Crippen LogP contribution < -0.4 is 10.3 Å². The van der Waals surface area contributed by atoms with Gasteiger partial charge in [0, 0.05) is 30.7 Å². The largest absolute Gasteiger partial charge is 0.377 e. The Labute approximate surface area is 212 Å². The summed E-state index contributed by atoms with van der Waals surface area (Å²) in [6.45, 7) is 0.569. The van der Waals surface area contributed by atoms with Gasteiger partial charge >= 0.3 is 0 Å². The van der Waals surface area contributed by atoms with Crippen LogP contribution in [0.3, 0.4) is 0 Å². The van der Waals surface area contributed by atoms with Crippen molar-refractivity contribution in [3.05, 3.63) is 99.5 Å². The lowest BCUT2D eigenvalue weighted by atomic mass is 10.1. The Bertz CT molecular complexity index is 1200. The zero-order valence-electron chi connectivity index (χ0n) is 18.9. The number of anilines is 1. The van der Waals surface area contributed by atoms with Gasteiger partial charge in [-0.25, -0.2) is 5.43 Å². The lowest BCUT2D eigenvalue weighted by Crippen LogP contribution is -2.27. The molecule has 1 aliphatic rings. The van der Waals surface area contributed by atoms with Gasteiger partial charge in [0.15, 0.2) is 0 Å². The molecule has 4 rings (SSSR count). The average molecular weight is 537 g/mol. The van der Waals surface area contributed by atoms with Crippen molar-refractivity contribution in [2.75, 3.05) is 24.7 Å². The molecule has 0 aliphatic carbocycles. The third kappa shape index (κ3) is 5.69. The molecule has 0 bridgehead atoms. The van der Waals surface area contributed by atoms with E-state index in [1.807, 2.05) is 84.6 Å². The molecule has 6 nitrogen and oxygen atoms in total. The monoisotopic (exact) mass is 536 g/mol. The molecule has 174 valence electrons. The maximum Gasteiger partial charge on any atom is 0.271 e. The van der Waals surface area contributed by atoms with Gasteiger partial charge in [-0.05, 0) is 56.9 Å². The number of nitrogens with one attached hydrogen (secondary N) is 1. The molecule has 1 N–H and O–H groups in total. The highest BCUT2D eigenvalue weighted by Crippen LogP contribution is 2.39. The van der Waals surface area contributed by atoms with Gasteiger partial charge in [-0.15, -0.1) is 11.8 Å². The van der Waals surface area contributed by atoms with Gasteiger partial charge in [-0.3, -0.25) is 9.59 Å². The molecule has 3 aromatic rings. The molecule has 0 aromatic heterocycles. The molecule has 1 heterocycles. The van der Waals surface area contributed by atoms with Crippen molar-refractivity contribution < 1.29 is 9.59 Å². The average Bonchev–Trinajstić information content (AvgIpc) is 3.19. The maximum atomic E-state index is 12.5. The number of hydrazone groups is 1. The summed E-state index contributed by atoms with van der Waals surface area (Å²) in [6.07, 6.45) is 1.61. The molecule has 1 aliphatic heterocycles. The summed E-state index contributed by atoms with van der Waals surface area (Å²) in [7, 11) is 3.95. The van der Waals surface area contributed by atoms with Gasteiger partial charge in [-0.1, -0.05) is 48.5 Å². The number of nitrogens with zero attached hydrogens (tertiary/aromatic N) is 3. The molecule has 34 heavy (non-hydrogen) atoms. The van der Waals surface area contributed by atoms with Crippen molar-refractivity contribution in [3.8, 4) is 0 Å². The van der Waals surface area contributed by atoms with Crippen molar-refractivity contribution in [2.45, 2.75) is 11.9 Å².